The minimum absolute atomic E-state index is 0.178. The number of hydrogen-bond acceptors (Lipinski definition) is 2. The van der Waals surface area contributed by atoms with Crippen molar-refractivity contribution in [3.05, 3.63) is 18.0 Å². The molecule has 1 N–H and O–H groups in total. The molecule has 2 rings (SSSR count). The van der Waals surface area contributed by atoms with Gasteiger partial charge in [0.15, 0.2) is 0 Å². The van der Waals surface area contributed by atoms with E-state index in [4.69, 9.17) is 0 Å². The lowest BCUT2D eigenvalue weighted by Crippen LogP contribution is -2.28. The molecule has 0 spiro atoms. The van der Waals surface area contributed by atoms with Crippen LogP contribution in [0.2, 0.25) is 0 Å². The Bertz CT molecular complexity index is 428. The number of carboxylic acids is 1. The van der Waals surface area contributed by atoms with Gasteiger partial charge in [0.2, 0.25) is 0 Å². The molecule has 0 saturated heterocycles. The molecule has 4 nitrogen and oxygen atoms in total. The molecule has 1 aliphatic carbocycles. The fraction of sp³-hybridized carbons (Fsp3) is 0.733. The van der Waals surface area contributed by atoms with Crippen molar-refractivity contribution in [2.45, 2.75) is 58.4 Å². The van der Waals surface area contributed by atoms with E-state index >= 15 is 0 Å². The van der Waals surface area contributed by atoms with Crippen LogP contribution in [0, 0.1) is 11.8 Å². The van der Waals surface area contributed by atoms with E-state index in [2.05, 4.69) is 18.9 Å². The van der Waals surface area contributed by atoms with Crippen molar-refractivity contribution in [2.75, 3.05) is 0 Å². The minimum Gasteiger partial charge on any atom is -0.481 e. The van der Waals surface area contributed by atoms with Crippen LogP contribution in [0.3, 0.4) is 0 Å². The standard InChI is InChI=1S/C15H24N2O2/c1-3-11(2)17-9-8-13(16-17)10-12-6-4-5-7-14(12)15(18)19/h8-9,11-12,14H,3-7,10H2,1-2H3,(H,18,19). The fourth-order valence-electron chi connectivity index (χ4n) is 2.96. The Kier molecular flexibility index (Phi) is 4.61. The molecule has 0 aliphatic heterocycles. The highest BCUT2D eigenvalue weighted by Crippen LogP contribution is 2.32. The summed E-state index contributed by atoms with van der Waals surface area (Å²) < 4.78 is 1.99. The molecule has 1 aromatic rings. The van der Waals surface area contributed by atoms with Crippen molar-refractivity contribution in [2.24, 2.45) is 11.8 Å². The summed E-state index contributed by atoms with van der Waals surface area (Å²) in [5.74, 6) is -0.555. The lowest BCUT2D eigenvalue weighted by atomic mass is 9.77. The summed E-state index contributed by atoms with van der Waals surface area (Å²) in [7, 11) is 0. The highest BCUT2D eigenvalue weighted by Gasteiger charge is 2.31. The first-order valence-electron chi connectivity index (χ1n) is 7.38. The molecule has 4 heteroatoms. The van der Waals surface area contributed by atoms with Gasteiger partial charge < -0.3 is 5.11 Å². The summed E-state index contributed by atoms with van der Waals surface area (Å²) in [6.07, 6.45) is 7.93. The Morgan fingerprint density at radius 2 is 2.26 bits per heavy atom. The van der Waals surface area contributed by atoms with Gasteiger partial charge in [0, 0.05) is 12.2 Å². The van der Waals surface area contributed by atoms with Crippen LogP contribution in [0.1, 0.15) is 57.7 Å². The lowest BCUT2D eigenvalue weighted by molar-refractivity contribution is -0.144. The van der Waals surface area contributed by atoms with Crippen molar-refractivity contribution in [1.29, 1.82) is 0 Å². The van der Waals surface area contributed by atoms with E-state index < -0.39 is 5.97 Å². The molecule has 0 aromatic carbocycles. The molecule has 106 valence electrons. The molecular weight excluding hydrogens is 240 g/mol. The number of nitrogens with zero attached hydrogens (tertiary/aromatic N) is 2. The van der Waals surface area contributed by atoms with E-state index in [1.165, 1.54) is 0 Å². The van der Waals surface area contributed by atoms with Gasteiger partial charge in [0.05, 0.1) is 11.6 Å². The fourth-order valence-corrected chi connectivity index (χ4v) is 2.96. The number of carboxylic acid groups (broad SMARTS) is 1. The average molecular weight is 264 g/mol. The molecule has 1 heterocycles. The molecule has 0 bridgehead atoms. The summed E-state index contributed by atoms with van der Waals surface area (Å²) >= 11 is 0. The number of hydrogen-bond donors (Lipinski definition) is 1. The van der Waals surface area contributed by atoms with Gasteiger partial charge in [-0.05, 0) is 44.6 Å². The van der Waals surface area contributed by atoms with Crippen molar-refractivity contribution < 1.29 is 9.90 Å². The van der Waals surface area contributed by atoms with Crippen LogP contribution in [0.15, 0.2) is 12.3 Å². The maximum Gasteiger partial charge on any atom is 0.306 e. The number of carbonyl (C=O) groups is 1. The monoisotopic (exact) mass is 264 g/mol. The second-order valence-electron chi connectivity index (χ2n) is 5.74. The van der Waals surface area contributed by atoms with Crippen LogP contribution in [0.4, 0.5) is 0 Å². The van der Waals surface area contributed by atoms with Gasteiger partial charge in [-0.2, -0.15) is 5.10 Å². The van der Waals surface area contributed by atoms with Crippen molar-refractivity contribution in [3.8, 4) is 0 Å². The number of rotatable bonds is 5. The van der Waals surface area contributed by atoms with Gasteiger partial charge in [-0.3, -0.25) is 9.48 Å². The van der Waals surface area contributed by atoms with Crippen molar-refractivity contribution >= 4 is 5.97 Å². The lowest BCUT2D eigenvalue weighted by Gasteiger charge is -2.27. The Balaban J connectivity index is 2.02. The zero-order chi connectivity index (χ0) is 13.8. The summed E-state index contributed by atoms with van der Waals surface area (Å²) in [5, 5.41) is 13.9. The molecule has 19 heavy (non-hydrogen) atoms. The van der Waals surface area contributed by atoms with Crippen LogP contribution >= 0.6 is 0 Å². The normalized spacial score (nSPS) is 25.2. The van der Waals surface area contributed by atoms with Gasteiger partial charge in [0.25, 0.3) is 0 Å². The van der Waals surface area contributed by atoms with Crippen molar-refractivity contribution in [1.82, 2.24) is 9.78 Å². The molecule has 3 atom stereocenters. The topological polar surface area (TPSA) is 55.1 Å². The van der Waals surface area contributed by atoms with E-state index in [1.807, 2.05) is 16.9 Å². The minimum atomic E-state index is -0.633. The highest BCUT2D eigenvalue weighted by molar-refractivity contribution is 5.70. The third-order valence-electron chi connectivity index (χ3n) is 4.40. The molecule has 3 unspecified atom stereocenters. The van der Waals surface area contributed by atoms with E-state index in [1.54, 1.807) is 0 Å². The largest absolute Gasteiger partial charge is 0.481 e. The number of aliphatic carboxylic acids is 1. The van der Waals surface area contributed by atoms with Gasteiger partial charge in [0.1, 0.15) is 0 Å². The predicted molar refractivity (Wildman–Crippen MR) is 74.0 cm³/mol. The summed E-state index contributed by atoms with van der Waals surface area (Å²) in [5.41, 5.74) is 1.04. The summed E-state index contributed by atoms with van der Waals surface area (Å²) in [4.78, 5) is 11.3. The Hall–Kier alpha value is -1.32. The summed E-state index contributed by atoms with van der Waals surface area (Å²) in [6.45, 7) is 4.30. The van der Waals surface area contributed by atoms with E-state index in [-0.39, 0.29) is 11.8 Å². The molecule has 1 aliphatic rings. The third kappa shape index (κ3) is 3.37. The molecule has 0 amide bonds. The third-order valence-corrected chi connectivity index (χ3v) is 4.40. The van der Waals surface area contributed by atoms with Crippen molar-refractivity contribution in [3.63, 3.8) is 0 Å². The van der Waals surface area contributed by atoms with Crippen LogP contribution < -0.4 is 0 Å². The Morgan fingerprint density at radius 3 is 2.95 bits per heavy atom. The van der Waals surface area contributed by atoms with Crippen LogP contribution in [0.25, 0.3) is 0 Å². The van der Waals surface area contributed by atoms with Gasteiger partial charge in [-0.15, -0.1) is 0 Å². The highest BCUT2D eigenvalue weighted by atomic mass is 16.4. The molecule has 1 fully saturated rings. The zero-order valence-electron chi connectivity index (χ0n) is 11.9. The van der Waals surface area contributed by atoms with E-state index in [0.717, 1.165) is 44.2 Å². The quantitative estimate of drug-likeness (QED) is 0.887. The second kappa shape index (κ2) is 6.22. The van der Waals surface area contributed by atoms with E-state index in [0.29, 0.717) is 6.04 Å². The first kappa shape index (κ1) is 14.1. The zero-order valence-corrected chi connectivity index (χ0v) is 11.9. The van der Waals surface area contributed by atoms with Gasteiger partial charge in [-0.25, -0.2) is 0 Å². The van der Waals surface area contributed by atoms with E-state index in [9.17, 15) is 9.90 Å². The Morgan fingerprint density at radius 1 is 1.53 bits per heavy atom. The van der Waals surface area contributed by atoms with Crippen LogP contribution in [-0.4, -0.2) is 20.9 Å². The Labute approximate surface area is 114 Å². The second-order valence-corrected chi connectivity index (χ2v) is 5.74. The first-order valence-corrected chi connectivity index (χ1v) is 7.38. The van der Waals surface area contributed by atoms with Gasteiger partial charge >= 0.3 is 5.97 Å². The maximum atomic E-state index is 11.3. The SMILES string of the molecule is CCC(C)n1ccc(CC2CCCCC2C(=O)O)n1. The maximum absolute atomic E-state index is 11.3. The summed E-state index contributed by atoms with van der Waals surface area (Å²) in [6, 6.07) is 2.45. The smallest absolute Gasteiger partial charge is 0.306 e. The van der Waals surface area contributed by atoms with Crippen LogP contribution in [-0.2, 0) is 11.2 Å². The molecule has 1 saturated carbocycles. The first-order chi connectivity index (χ1) is 9.11. The van der Waals surface area contributed by atoms with Gasteiger partial charge in [-0.1, -0.05) is 19.8 Å². The molecule has 1 aromatic heterocycles. The predicted octanol–water partition coefficient (Wildman–Crippen LogP) is 3.29. The van der Waals surface area contributed by atoms with Crippen LogP contribution in [0.5, 0.6) is 0 Å². The number of aromatic nitrogens is 2. The average Bonchev–Trinajstić information content (AvgIpc) is 2.86. The molecule has 0 radical (unpaired) electrons. The molecular formula is C15H24N2O2.